The molecule has 4 heterocycles. The Kier molecular flexibility index (Phi) is 6.25. The first-order valence-corrected chi connectivity index (χ1v) is 11.3. The van der Waals surface area contributed by atoms with Crippen molar-refractivity contribution in [2.75, 3.05) is 20.2 Å². The predicted molar refractivity (Wildman–Crippen MR) is 129 cm³/mol. The molecule has 1 aliphatic heterocycles. The number of methoxy groups -OCH3 is 1. The summed E-state index contributed by atoms with van der Waals surface area (Å²) in [6.45, 7) is 1.36. The highest BCUT2D eigenvalue weighted by Gasteiger charge is 2.27. The number of hydrogen-bond acceptors (Lipinski definition) is 6. The molecule has 170 valence electrons. The zero-order valence-corrected chi connectivity index (χ0v) is 19.0. The molecule has 5 rings (SSSR count). The van der Waals surface area contributed by atoms with Gasteiger partial charge in [0, 0.05) is 60.0 Å². The van der Waals surface area contributed by atoms with E-state index in [0.717, 1.165) is 47.7 Å². The van der Waals surface area contributed by atoms with E-state index in [-0.39, 0.29) is 11.8 Å². The minimum atomic E-state index is 0.00563. The number of hydrogen-bond donors (Lipinski definition) is 0. The lowest BCUT2D eigenvalue weighted by molar-refractivity contribution is 0.0706. The van der Waals surface area contributed by atoms with Crippen LogP contribution in [-0.4, -0.2) is 50.9 Å². The summed E-state index contributed by atoms with van der Waals surface area (Å²) >= 11 is 0. The van der Waals surface area contributed by atoms with Crippen molar-refractivity contribution in [1.82, 2.24) is 24.8 Å². The van der Waals surface area contributed by atoms with E-state index < -0.39 is 0 Å². The Morgan fingerprint density at radius 2 is 1.88 bits per heavy atom. The van der Waals surface area contributed by atoms with Gasteiger partial charge in [0.15, 0.2) is 0 Å². The zero-order chi connectivity index (χ0) is 23.3. The van der Waals surface area contributed by atoms with Crippen LogP contribution >= 0.6 is 0 Å². The van der Waals surface area contributed by atoms with Gasteiger partial charge in [-0.25, -0.2) is 9.97 Å². The second-order valence-electron chi connectivity index (χ2n) is 8.30. The molecule has 0 spiro atoms. The van der Waals surface area contributed by atoms with E-state index in [1.54, 1.807) is 31.8 Å². The molecule has 0 saturated carbocycles. The Labute approximate surface area is 198 Å². The van der Waals surface area contributed by atoms with Crippen LogP contribution in [-0.2, 0) is 0 Å². The van der Waals surface area contributed by atoms with E-state index in [2.05, 4.69) is 21.0 Å². The highest BCUT2D eigenvalue weighted by atomic mass is 16.5. The number of para-hydroxylation sites is 1. The third-order valence-electron chi connectivity index (χ3n) is 6.14. The molecule has 0 radical (unpaired) electrons. The average Bonchev–Trinajstić information content (AvgIpc) is 2.93. The number of piperidine rings is 1. The molecule has 34 heavy (non-hydrogen) atoms. The number of rotatable bonds is 5. The van der Waals surface area contributed by atoms with E-state index in [1.165, 1.54) is 6.33 Å². The average molecular weight is 452 g/mol. The minimum absolute atomic E-state index is 0.00563. The van der Waals surface area contributed by atoms with E-state index in [4.69, 9.17) is 9.72 Å². The maximum Gasteiger partial charge on any atom is 0.254 e. The molecular weight excluding hydrogens is 426 g/mol. The van der Waals surface area contributed by atoms with Crippen LogP contribution in [0.4, 0.5) is 0 Å². The summed E-state index contributed by atoms with van der Waals surface area (Å²) < 4.78 is 5.52. The van der Waals surface area contributed by atoms with Gasteiger partial charge in [-0.2, -0.15) is 0 Å². The summed E-state index contributed by atoms with van der Waals surface area (Å²) in [4.78, 5) is 32.7. The molecule has 0 N–H and O–H groups in total. The number of ether oxygens (including phenoxy) is 1. The fourth-order valence-electron chi connectivity index (χ4n) is 4.42. The fourth-order valence-corrected chi connectivity index (χ4v) is 4.42. The van der Waals surface area contributed by atoms with Gasteiger partial charge in [-0.3, -0.25) is 14.8 Å². The van der Waals surface area contributed by atoms with Crippen LogP contribution in [0, 0.1) is 0 Å². The first-order valence-electron chi connectivity index (χ1n) is 11.3. The second kappa shape index (κ2) is 9.79. The van der Waals surface area contributed by atoms with Crippen molar-refractivity contribution in [3.05, 3.63) is 90.8 Å². The Bertz CT molecular complexity index is 1290. The van der Waals surface area contributed by atoms with Gasteiger partial charge in [-0.15, -0.1) is 0 Å². The second-order valence-corrected chi connectivity index (χ2v) is 8.30. The summed E-state index contributed by atoms with van der Waals surface area (Å²) in [7, 11) is 1.67. The van der Waals surface area contributed by atoms with Gasteiger partial charge in [0.1, 0.15) is 12.1 Å². The summed E-state index contributed by atoms with van der Waals surface area (Å²) in [6, 6.07) is 17.5. The normalized spacial score (nSPS) is 15.7. The molecule has 3 aromatic heterocycles. The Morgan fingerprint density at radius 3 is 2.74 bits per heavy atom. The van der Waals surface area contributed by atoms with Crippen molar-refractivity contribution in [3.63, 3.8) is 0 Å². The van der Waals surface area contributed by atoms with Gasteiger partial charge in [0.25, 0.3) is 5.91 Å². The van der Waals surface area contributed by atoms with Crippen LogP contribution in [0.2, 0.25) is 0 Å². The van der Waals surface area contributed by atoms with Crippen LogP contribution < -0.4 is 4.74 Å². The predicted octanol–water partition coefficient (Wildman–Crippen LogP) is 4.63. The summed E-state index contributed by atoms with van der Waals surface area (Å²) in [5.74, 6) is 0.979. The number of pyridine rings is 2. The van der Waals surface area contributed by atoms with Crippen molar-refractivity contribution in [2.45, 2.75) is 18.8 Å². The fraction of sp³-hybridized carbons (Fsp3) is 0.222. The molecule has 1 aromatic carbocycles. The van der Waals surface area contributed by atoms with E-state index in [9.17, 15) is 4.79 Å². The lowest BCUT2D eigenvalue weighted by Gasteiger charge is -2.32. The van der Waals surface area contributed by atoms with Gasteiger partial charge in [0.05, 0.1) is 18.5 Å². The van der Waals surface area contributed by atoms with Crippen LogP contribution in [0.25, 0.3) is 22.5 Å². The van der Waals surface area contributed by atoms with Crippen LogP contribution in [0.3, 0.4) is 0 Å². The summed E-state index contributed by atoms with van der Waals surface area (Å²) in [5.41, 5.74) is 4.92. The molecule has 1 aliphatic rings. The first-order chi connectivity index (χ1) is 16.7. The zero-order valence-electron chi connectivity index (χ0n) is 19.0. The SMILES string of the molecule is COc1ccccc1-c1cccc([C@H]2CCCN(C(=O)c3ccnc(-c4cncnc4)c3)C2)n1. The lowest BCUT2D eigenvalue weighted by Crippen LogP contribution is -2.39. The van der Waals surface area contributed by atoms with Crippen molar-refractivity contribution in [2.24, 2.45) is 0 Å². The number of aromatic nitrogens is 4. The minimum Gasteiger partial charge on any atom is -0.496 e. The third-order valence-corrected chi connectivity index (χ3v) is 6.14. The molecule has 1 fully saturated rings. The summed E-state index contributed by atoms with van der Waals surface area (Å²) in [5, 5.41) is 0. The van der Waals surface area contributed by atoms with E-state index in [0.29, 0.717) is 17.8 Å². The number of carbonyl (C=O) groups excluding carboxylic acids is 1. The molecule has 1 amide bonds. The molecule has 1 saturated heterocycles. The van der Waals surface area contributed by atoms with Crippen LogP contribution in [0.1, 0.15) is 34.8 Å². The molecule has 7 nitrogen and oxygen atoms in total. The van der Waals surface area contributed by atoms with Crippen molar-refractivity contribution in [3.8, 4) is 28.3 Å². The summed E-state index contributed by atoms with van der Waals surface area (Å²) in [6.07, 6.45) is 8.46. The number of amides is 1. The van der Waals surface area contributed by atoms with E-state index >= 15 is 0 Å². The Balaban J connectivity index is 1.36. The van der Waals surface area contributed by atoms with Crippen molar-refractivity contribution >= 4 is 5.91 Å². The monoisotopic (exact) mass is 451 g/mol. The highest BCUT2D eigenvalue weighted by Crippen LogP contribution is 2.32. The van der Waals surface area contributed by atoms with Crippen molar-refractivity contribution in [1.29, 1.82) is 0 Å². The Morgan fingerprint density at radius 1 is 1.03 bits per heavy atom. The van der Waals surface area contributed by atoms with Gasteiger partial charge in [-0.1, -0.05) is 18.2 Å². The van der Waals surface area contributed by atoms with Gasteiger partial charge in [-0.05, 0) is 49.2 Å². The number of likely N-dealkylation sites (tertiary alicyclic amines) is 1. The Hall–Kier alpha value is -4.13. The van der Waals surface area contributed by atoms with Crippen molar-refractivity contribution < 1.29 is 9.53 Å². The van der Waals surface area contributed by atoms with Crippen LogP contribution in [0.5, 0.6) is 5.75 Å². The molecule has 0 unspecified atom stereocenters. The molecular formula is C27H25N5O2. The third kappa shape index (κ3) is 4.50. The van der Waals surface area contributed by atoms with E-state index in [1.807, 2.05) is 47.4 Å². The number of benzene rings is 1. The molecule has 0 aliphatic carbocycles. The molecule has 0 bridgehead atoms. The molecule has 4 aromatic rings. The molecule has 7 heteroatoms. The van der Waals surface area contributed by atoms with Gasteiger partial charge < -0.3 is 9.64 Å². The maximum atomic E-state index is 13.4. The largest absolute Gasteiger partial charge is 0.496 e. The van der Waals surface area contributed by atoms with Gasteiger partial charge in [0.2, 0.25) is 0 Å². The first kappa shape index (κ1) is 21.7. The van der Waals surface area contributed by atoms with Gasteiger partial charge >= 0.3 is 0 Å². The number of carbonyl (C=O) groups is 1. The quantitative estimate of drug-likeness (QED) is 0.440. The lowest BCUT2D eigenvalue weighted by atomic mass is 9.93. The molecule has 1 atom stereocenters. The highest BCUT2D eigenvalue weighted by molar-refractivity contribution is 5.95. The maximum absolute atomic E-state index is 13.4. The smallest absolute Gasteiger partial charge is 0.254 e. The van der Waals surface area contributed by atoms with Crippen LogP contribution in [0.15, 0.2) is 79.5 Å². The number of nitrogens with zero attached hydrogens (tertiary/aromatic N) is 5. The topological polar surface area (TPSA) is 81.1 Å². The standard InChI is InChI=1S/C27H25N5O2/c1-34-26-10-3-2-7-22(26)24-9-4-8-23(31-24)20-6-5-13-32(17-20)27(33)19-11-12-30-25(14-19)21-15-28-18-29-16-21/h2-4,7-12,14-16,18,20H,5-6,13,17H2,1H3/t20-/m0/s1.